The molecule has 8 heteroatoms. The van der Waals surface area contributed by atoms with E-state index in [-0.39, 0.29) is 13.0 Å². The van der Waals surface area contributed by atoms with Crippen molar-refractivity contribution in [2.24, 2.45) is 0 Å². The highest BCUT2D eigenvalue weighted by atomic mass is 32.2. The molecule has 0 bridgehead atoms. The summed E-state index contributed by atoms with van der Waals surface area (Å²) >= 11 is 0. The summed E-state index contributed by atoms with van der Waals surface area (Å²) in [5.74, 6) is -1.04. The van der Waals surface area contributed by atoms with Crippen LogP contribution in [-0.4, -0.2) is 39.5 Å². The number of amides is 1. The first kappa shape index (κ1) is 19.9. The zero-order valence-electron chi connectivity index (χ0n) is 13.7. The van der Waals surface area contributed by atoms with Gasteiger partial charge >= 0.3 is 5.97 Å². The van der Waals surface area contributed by atoms with Crippen LogP contribution < -0.4 is 10.0 Å². The number of carbonyl (C=O) groups excluding carboxylic acids is 2. The molecule has 24 heavy (non-hydrogen) atoms. The van der Waals surface area contributed by atoms with Gasteiger partial charge in [0.05, 0.1) is 6.42 Å². The van der Waals surface area contributed by atoms with Gasteiger partial charge in [-0.1, -0.05) is 30.3 Å². The highest BCUT2D eigenvalue weighted by Crippen LogP contribution is 2.03. The van der Waals surface area contributed by atoms with Gasteiger partial charge in [0.25, 0.3) is 5.91 Å². The van der Waals surface area contributed by atoms with Crippen molar-refractivity contribution >= 4 is 28.0 Å². The highest BCUT2D eigenvalue weighted by Gasteiger charge is 2.17. The minimum absolute atomic E-state index is 0.109. The van der Waals surface area contributed by atoms with Crippen LogP contribution in [0.1, 0.15) is 25.8 Å². The van der Waals surface area contributed by atoms with Crippen LogP contribution in [-0.2, 0) is 24.3 Å². The fourth-order valence-corrected chi connectivity index (χ4v) is 2.52. The molecule has 1 rings (SSSR count). The Morgan fingerprint density at radius 3 is 2.54 bits per heavy atom. The van der Waals surface area contributed by atoms with Crippen molar-refractivity contribution in [1.82, 2.24) is 10.0 Å². The van der Waals surface area contributed by atoms with Crippen LogP contribution in [0.25, 0.3) is 6.08 Å². The van der Waals surface area contributed by atoms with Crippen molar-refractivity contribution in [3.63, 3.8) is 0 Å². The second-order valence-electron chi connectivity index (χ2n) is 4.93. The predicted molar refractivity (Wildman–Crippen MR) is 91.3 cm³/mol. The van der Waals surface area contributed by atoms with Crippen LogP contribution in [0, 0.1) is 0 Å². The van der Waals surface area contributed by atoms with E-state index in [1.54, 1.807) is 31.2 Å². The largest absolute Gasteiger partial charge is 0.453 e. The van der Waals surface area contributed by atoms with E-state index in [4.69, 9.17) is 4.74 Å². The smallest absolute Gasteiger partial charge is 0.307 e. The molecule has 0 aromatic heterocycles. The average molecular weight is 354 g/mol. The van der Waals surface area contributed by atoms with E-state index in [0.717, 1.165) is 11.0 Å². The third kappa shape index (κ3) is 7.89. The lowest BCUT2D eigenvalue weighted by atomic mass is 10.2. The van der Waals surface area contributed by atoms with E-state index >= 15 is 0 Å². The molecule has 0 aliphatic heterocycles. The Bertz CT molecular complexity index is 671. The summed E-state index contributed by atoms with van der Waals surface area (Å²) < 4.78 is 30.8. The van der Waals surface area contributed by atoms with Crippen molar-refractivity contribution in [1.29, 1.82) is 0 Å². The zero-order chi connectivity index (χ0) is 18.0. The first-order chi connectivity index (χ1) is 11.3. The van der Waals surface area contributed by atoms with Crippen LogP contribution in [0.5, 0.6) is 0 Å². The lowest BCUT2D eigenvalue weighted by Crippen LogP contribution is -2.36. The van der Waals surface area contributed by atoms with Gasteiger partial charge in [0, 0.05) is 18.5 Å². The van der Waals surface area contributed by atoms with E-state index in [1.165, 1.54) is 13.0 Å². The quantitative estimate of drug-likeness (QED) is 0.645. The van der Waals surface area contributed by atoms with Crippen molar-refractivity contribution in [2.45, 2.75) is 26.4 Å². The van der Waals surface area contributed by atoms with Gasteiger partial charge in [-0.25, -0.2) is 13.1 Å². The monoisotopic (exact) mass is 354 g/mol. The number of hydrogen-bond donors (Lipinski definition) is 2. The predicted octanol–water partition coefficient (Wildman–Crippen LogP) is 1.03. The maximum absolute atomic E-state index is 11.8. The van der Waals surface area contributed by atoms with Gasteiger partial charge in [-0.05, 0) is 25.5 Å². The molecule has 0 aliphatic carbocycles. The van der Waals surface area contributed by atoms with Crippen LogP contribution in [0.15, 0.2) is 35.7 Å². The summed E-state index contributed by atoms with van der Waals surface area (Å²) in [5, 5.41) is 3.56. The fourth-order valence-electron chi connectivity index (χ4n) is 1.70. The number of sulfonamides is 1. The van der Waals surface area contributed by atoms with Gasteiger partial charge in [0.1, 0.15) is 0 Å². The molecule has 0 heterocycles. The van der Waals surface area contributed by atoms with Gasteiger partial charge in [-0.2, -0.15) is 0 Å². The van der Waals surface area contributed by atoms with Crippen LogP contribution >= 0.6 is 0 Å². The van der Waals surface area contributed by atoms with Gasteiger partial charge < -0.3 is 10.1 Å². The lowest BCUT2D eigenvalue weighted by Gasteiger charge is -2.12. The molecule has 0 saturated heterocycles. The SMILES string of the molecule is CCNC(=O)[C@H](C)OC(=O)CCNS(=O)(=O)/C=C/c1ccccc1. The maximum atomic E-state index is 11.8. The van der Waals surface area contributed by atoms with Crippen LogP contribution in [0.4, 0.5) is 0 Å². The number of rotatable bonds is 9. The van der Waals surface area contributed by atoms with Gasteiger partial charge in [-0.3, -0.25) is 9.59 Å². The molecule has 1 aromatic rings. The second-order valence-corrected chi connectivity index (χ2v) is 6.58. The molecule has 0 fully saturated rings. The van der Waals surface area contributed by atoms with Crippen molar-refractivity contribution in [3.8, 4) is 0 Å². The summed E-state index contributed by atoms with van der Waals surface area (Å²) in [5.41, 5.74) is 0.748. The Balaban J connectivity index is 2.39. The zero-order valence-corrected chi connectivity index (χ0v) is 14.5. The molecule has 7 nitrogen and oxygen atoms in total. The van der Waals surface area contributed by atoms with Gasteiger partial charge in [-0.15, -0.1) is 0 Å². The highest BCUT2D eigenvalue weighted by molar-refractivity contribution is 7.92. The third-order valence-corrected chi connectivity index (χ3v) is 4.00. The number of hydrogen-bond acceptors (Lipinski definition) is 5. The normalized spacial score (nSPS) is 12.8. The Morgan fingerprint density at radius 2 is 1.92 bits per heavy atom. The summed E-state index contributed by atoms with van der Waals surface area (Å²) in [6, 6.07) is 8.97. The molecule has 0 unspecified atom stereocenters. The molecule has 0 aliphatic rings. The van der Waals surface area contributed by atoms with Gasteiger partial charge in [0.2, 0.25) is 10.0 Å². The molecule has 1 amide bonds. The molecular formula is C16H22N2O5S. The number of nitrogens with one attached hydrogen (secondary N) is 2. The fraction of sp³-hybridized carbons (Fsp3) is 0.375. The number of esters is 1. The minimum atomic E-state index is -3.65. The average Bonchev–Trinajstić information content (AvgIpc) is 2.54. The number of carbonyl (C=O) groups is 2. The maximum Gasteiger partial charge on any atom is 0.307 e. The Hall–Kier alpha value is -2.19. The number of likely N-dealkylation sites (N-methyl/N-ethyl adjacent to an activating group) is 1. The van der Waals surface area contributed by atoms with Crippen molar-refractivity contribution in [2.75, 3.05) is 13.1 Å². The van der Waals surface area contributed by atoms with E-state index < -0.39 is 28.0 Å². The molecular weight excluding hydrogens is 332 g/mol. The van der Waals surface area contributed by atoms with Gasteiger partial charge in [0.15, 0.2) is 6.10 Å². The second kappa shape index (κ2) is 9.84. The molecule has 0 radical (unpaired) electrons. The standard InChI is InChI=1S/C16H22N2O5S/c1-3-17-16(20)13(2)23-15(19)9-11-18-24(21,22)12-10-14-7-5-4-6-8-14/h4-8,10,12-13,18H,3,9,11H2,1-2H3,(H,17,20)/b12-10+/t13-/m0/s1. The third-order valence-electron chi connectivity index (χ3n) is 2.90. The summed E-state index contributed by atoms with van der Waals surface area (Å²) in [6.07, 6.45) is 0.381. The van der Waals surface area contributed by atoms with E-state index in [0.29, 0.717) is 6.54 Å². The van der Waals surface area contributed by atoms with Crippen molar-refractivity contribution in [3.05, 3.63) is 41.3 Å². The molecule has 0 saturated carbocycles. The minimum Gasteiger partial charge on any atom is -0.453 e. The Kier molecular flexibility index (Phi) is 8.14. The molecule has 0 spiro atoms. The van der Waals surface area contributed by atoms with E-state index in [1.807, 2.05) is 6.07 Å². The molecule has 2 N–H and O–H groups in total. The van der Waals surface area contributed by atoms with Crippen LogP contribution in [0.3, 0.4) is 0 Å². The van der Waals surface area contributed by atoms with E-state index in [9.17, 15) is 18.0 Å². The van der Waals surface area contributed by atoms with Crippen LogP contribution in [0.2, 0.25) is 0 Å². The Labute approximate surface area is 142 Å². The van der Waals surface area contributed by atoms with Crippen molar-refractivity contribution < 1.29 is 22.7 Å². The molecule has 1 atom stereocenters. The molecule has 132 valence electrons. The number of benzene rings is 1. The summed E-state index contributed by atoms with van der Waals surface area (Å²) in [6.45, 7) is 3.54. The lowest BCUT2D eigenvalue weighted by molar-refractivity contribution is -0.154. The summed E-state index contributed by atoms with van der Waals surface area (Å²) in [7, 11) is -3.65. The molecule has 1 aromatic carbocycles. The number of ether oxygens (including phenoxy) is 1. The topological polar surface area (TPSA) is 102 Å². The first-order valence-corrected chi connectivity index (χ1v) is 9.08. The summed E-state index contributed by atoms with van der Waals surface area (Å²) in [4.78, 5) is 23.0. The first-order valence-electron chi connectivity index (χ1n) is 7.54. The Morgan fingerprint density at radius 1 is 1.25 bits per heavy atom. The van der Waals surface area contributed by atoms with E-state index in [2.05, 4.69) is 10.0 Å².